The zero-order valence-corrected chi connectivity index (χ0v) is 13.9. The summed E-state index contributed by atoms with van der Waals surface area (Å²) in [5, 5.41) is 14.2. The summed E-state index contributed by atoms with van der Waals surface area (Å²) in [5.74, 6) is -2.06. The summed E-state index contributed by atoms with van der Waals surface area (Å²) in [6.07, 6.45) is 0.181. The number of hydrogen-bond donors (Lipinski definition) is 3. The van der Waals surface area contributed by atoms with Crippen molar-refractivity contribution in [2.45, 2.75) is 19.4 Å². The van der Waals surface area contributed by atoms with Crippen LogP contribution in [0.5, 0.6) is 0 Å². The van der Waals surface area contributed by atoms with Crippen LogP contribution in [0.4, 0.5) is 0 Å². The standard InChI is InChI=1S/C19H20N2O4/c1-13-7-5-6-10-15(13)11-16(19(24)25)21-17(22)12-20-18(23)14-8-3-2-4-9-14/h2-10,16H,11-12H2,1H3,(H,20,23)(H,21,22)(H,24,25)/t16-/m1/s1. The van der Waals surface area contributed by atoms with Crippen molar-refractivity contribution in [3.63, 3.8) is 0 Å². The average molecular weight is 340 g/mol. The zero-order valence-electron chi connectivity index (χ0n) is 13.9. The van der Waals surface area contributed by atoms with Crippen molar-refractivity contribution in [3.05, 3.63) is 71.3 Å². The van der Waals surface area contributed by atoms with Crippen LogP contribution in [0, 0.1) is 6.92 Å². The van der Waals surface area contributed by atoms with Gasteiger partial charge in [-0.1, -0.05) is 42.5 Å². The smallest absolute Gasteiger partial charge is 0.326 e. The Morgan fingerprint density at radius 3 is 2.28 bits per heavy atom. The van der Waals surface area contributed by atoms with E-state index in [9.17, 15) is 19.5 Å². The van der Waals surface area contributed by atoms with Gasteiger partial charge in [-0.05, 0) is 30.2 Å². The molecule has 2 aromatic rings. The second-order valence-electron chi connectivity index (χ2n) is 5.64. The fourth-order valence-corrected chi connectivity index (χ4v) is 2.36. The minimum absolute atomic E-state index is 0.181. The summed E-state index contributed by atoms with van der Waals surface area (Å²) in [5.41, 5.74) is 2.24. The summed E-state index contributed by atoms with van der Waals surface area (Å²) in [6.45, 7) is 1.60. The molecule has 0 aromatic heterocycles. The molecule has 0 aliphatic heterocycles. The highest BCUT2D eigenvalue weighted by Crippen LogP contribution is 2.10. The number of benzene rings is 2. The maximum Gasteiger partial charge on any atom is 0.326 e. The molecule has 0 saturated carbocycles. The predicted octanol–water partition coefficient (Wildman–Crippen LogP) is 1.54. The first-order chi connectivity index (χ1) is 12.0. The lowest BCUT2D eigenvalue weighted by atomic mass is 10.0. The molecule has 6 nitrogen and oxygen atoms in total. The molecular formula is C19H20N2O4. The van der Waals surface area contributed by atoms with Gasteiger partial charge in [-0.3, -0.25) is 9.59 Å². The zero-order chi connectivity index (χ0) is 18.2. The Hall–Kier alpha value is -3.15. The predicted molar refractivity (Wildman–Crippen MR) is 93.2 cm³/mol. The first-order valence-electron chi connectivity index (χ1n) is 7.87. The number of aryl methyl sites for hydroxylation is 1. The fraction of sp³-hybridized carbons (Fsp3) is 0.211. The number of carbonyl (C=O) groups excluding carboxylic acids is 2. The van der Waals surface area contributed by atoms with E-state index in [-0.39, 0.29) is 18.9 Å². The van der Waals surface area contributed by atoms with Crippen molar-refractivity contribution in [1.29, 1.82) is 0 Å². The van der Waals surface area contributed by atoms with Gasteiger partial charge in [-0.25, -0.2) is 4.79 Å². The molecule has 0 heterocycles. The Labute approximate surface area is 145 Å². The number of hydrogen-bond acceptors (Lipinski definition) is 3. The molecule has 130 valence electrons. The molecule has 2 rings (SSSR count). The van der Waals surface area contributed by atoms with Crippen molar-refractivity contribution < 1.29 is 19.5 Å². The third-order valence-corrected chi connectivity index (χ3v) is 3.76. The lowest BCUT2D eigenvalue weighted by Gasteiger charge is -2.16. The molecule has 0 radical (unpaired) electrons. The van der Waals surface area contributed by atoms with Crippen LogP contribution in [0.25, 0.3) is 0 Å². The quantitative estimate of drug-likeness (QED) is 0.712. The summed E-state index contributed by atoms with van der Waals surface area (Å²) >= 11 is 0. The van der Waals surface area contributed by atoms with Crippen molar-refractivity contribution in [1.82, 2.24) is 10.6 Å². The number of rotatable bonds is 7. The summed E-state index contributed by atoms with van der Waals surface area (Å²) in [7, 11) is 0. The fourth-order valence-electron chi connectivity index (χ4n) is 2.36. The van der Waals surface area contributed by atoms with Crippen molar-refractivity contribution in [2.75, 3.05) is 6.54 Å². The van der Waals surface area contributed by atoms with Gasteiger partial charge in [0.15, 0.2) is 0 Å². The number of nitrogens with one attached hydrogen (secondary N) is 2. The molecule has 0 spiro atoms. The lowest BCUT2D eigenvalue weighted by molar-refractivity contribution is -0.141. The number of amides is 2. The van der Waals surface area contributed by atoms with Crippen molar-refractivity contribution >= 4 is 17.8 Å². The van der Waals surface area contributed by atoms with E-state index in [0.29, 0.717) is 5.56 Å². The van der Waals surface area contributed by atoms with Gasteiger partial charge in [-0.2, -0.15) is 0 Å². The summed E-state index contributed by atoms with van der Waals surface area (Å²) < 4.78 is 0. The van der Waals surface area contributed by atoms with Crippen LogP contribution < -0.4 is 10.6 Å². The van der Waals surface area contributed by atoms with Gasteiger partial charge in [-0.15, -0.1) is 0 Å². The van der Waals surface area contributed by atoms with Gasteiger partial charge in [0.1, 0.15) is 6.04 Å². The third-order valence-electron chi connectivity index (χ3n) is 3.76. The normalized spacial score (nSPS) is 11.4. The van der Waals surface area contributed by atoms with Crippen LogP contribution in [-0.4, -0.2) is 35.5 Å². The molecule has 2 amide bonds. The van der Waals surface area contributed by atoms with Crippen LogP contribution in [0.15, 0.2) is 54.6 Å². The second-order valence-corrected chi connectivity index (χ2v) is 5.64. The van der Waals surface area contributed by atoms with E-state index in [2.05, 4.69) is 10.6 Å². The molecular weight excluding hydrogens is 320 g/mol. The number of aliphatic carboxylic acids is 1. The van der Waals surface area contributed by atoms with Crippen LogP contribution >= 0.6 is 0 Å². The van der Waals surface area contributed by atoms with E-state index >= 15 is 0 Å². The Balaban J connectivity index is 1.91. The number of carboxylic acids is 1. The maximum atomic E-state index is 12.0. The van der Waals surface area contributed by atoms with E-state index in [1.807, 2.05) is 31.2 Å². The van der Waals surface area contributed by atoms with E-state index in [0.717, 1.165) is 11.1 Å². The molecule has 3 N–H and O–H groups in total. The molecule has 0 bridgehead atoms. The van der Waals surface area contributed by atoms with Crippen molar-refractivity contribution in [2.24, 2.45) is 0 Å². The van der Waals surface area contributed by atoms with E-state index in [4.69, 9.17) is 0 Å². The maximum absolute atomic E-state index is 12.0. The first kappa shape index (κ1) is 18.2. The van der Waals surface area contributed by atoms with Gasteiger partial charge in [0, 0.05) is 12.0 Å². The van der Waals surface area contributed by atoms with Crippen molar-refractivity contribution in [3.8, 4) is 0 Å². The second kappa shape index (κ2) is 8.63. The molecule has 0 aliphatic rings. The van der Waals surface area contributed by atoms with Gasteiger partial charge in [0.2, 0.25) is 5.91 Å². The van der Waals surface area contributed by atoms with E-state index in [1.165, 1.54) is 0 Å². The highest BCUT2D eigenvalue weighted by Gasteiger charge is 2.21. The number of carboxylic acid groups (broad SMARTS) is 1. The van der Waals surface area contributed by atoms with Crippen LogP contribution in [0.2, 0.25) is 0 Å². The monoisotopic (exact) mass is 340 g/mol. The molecule has 0 fully saturated rings. The number of carbonyl (C=O) groups is 3. The summed E-state index contributed by atoms with van der Waals surface area (Å²) in [6, 6.07) is 14.8. The van der Waals surface area contributed by atoms with E-state index in [1.54, 1.807) is 30.3 Å². The van der Waals surface area contributed by atoms with Crippen LogP contribution in [0.1, 0.15) is 21.5 Å². The van der Waals surface area contributed by atoms with Gasteiger partial charge < -0.3 is 15.7 Å². The molecule has 0 unspecified atom stereocenters. The van der Waals surface area contributed by atoms with Crippen LogP contribution in [0.3, 0.4) is 0 Å². The van der Waals surface area contributed by atoms with Gasteiger partial charge in [0.25, 0.3) is 5.91 Å². The highest BCUT2D eigenvalue weighted by molar-refractivity contribution is 5.96. The average Bonchev–Trinajstić information content (AvgIpc) is 2.61. The molecule has 6 heteroatoms. The Morgan fingerprint density at radius 1 is 1.00 bits per heavy atom. The minimum atomic E-state index is -1.12. The Morgan fingerprint density at radius 2 is 1.64 bits per heavy atom. The SMILES string of the molecule is Cc1ccccc1C[C@@H](NC(=O)CNC(=O)c1ccccc1)C(=O)O. The largest absolute Gasteiger partial charge is 0.480 e. The minimum Gasteiger partial charge on any atom is -0.480 e. The molecule has 0 saturated heterocycles. The Bertz CT molecular complexity index is 759. The molecule has 25 heavy (non-hydrogen) atoms. The van der Waals surface area contributed by atoms with Gasteiger partial charge >= 0.3 is 5.97 Å². The topological polar surface area (TPSA) is 95.5 Å². The summed E-state index contributed by atoms with van der Waals surface area (Å²) in [4.78, 5) is 35.3. The lowest BCUT2D eigenvalue weighted by Crippen LogP contribution is -2.46. The first-order valence-corrected chi connectivity index (χ1v) is 7.87. The molecule has 2 aromatic carbocycles. The van der Waals surface area contributed by atoms with E-state index < -0.39 is 17.9 Å². The molecule has 0 aliphatic carbocycles. The Kier molecular flexibility index (Phi) is 6.28. The third kappa shape index (κ3) is 5.46. The molecule has 1 atom stereocenters. The van der Waals surface area contributed by atoms with Gasteiger partial charge in [0.05, 0.1) is 6.54 Å². The van der Waals surface area contributed by atoms with Crippen LogP contribution in [-0.2, 0) is 16.0 Å². The highest BCUT2D eigenvalue weighted by atomic mass is 16.4.